The summed E-state index contributed by atoms with van der Waals surface area (Å²) >= 11 is 0. The first-order chi connectivity index (χ1) is 6.66. The lowest BCUT2D eigenvalue weighted by molar-refractivity contribution is -0.159. The molecule has 1 fully saturated rings. The van der Waals surface area contributed by atoms with Crippen molar-refractivity contribution in [2.24, 2.45) is 0 Å². The molecule has 1 rings (SSSR count). The summed E-state index contributed by atoms with van der Waals surface area (Å²) in [7, 11) is 0. The van der Waals surface area contributed by atoms with Crippen molar-refractivity contribution in [1.29, 1.82) is 0 Å². The Kier molecular flexibility index (Phi) is 4.31. The number of carbonyl (C=O) groups is 1. The monoisotopic (exact) mass is 202 g/mol. The van der Waals surface area contributed by atoms with Crippen LogP contribution in [0, 0.1) is 0 Å². The lowest BCUT2D eigenvalue weighted by Gasteiger charge is -2.37. The Labute approximate surface area is 84.0 Å². The van der Waals surface area contributed by atoms with Crippen LogP contribution in [-0.4, -0.2) is 47.9 Å². The highest BCUT2D eigenvalue weighted by atomic mass is 16.5. The minimum absolute atomic E-state index is 0.259. The Balaban J connectivity index is 2.55. The van der Waals surface area contributed by atoms with Gasteiger partial charge in [0.25, 0.3) is 0 Å². The van der Waals surface area contributed by atoms with Gasteiger partial charge in [0.15, 0.2) is 0 Å². The van der Waals surface area contributed by atoms with Gasteiger partial charge in [-0.1, -0.05) is 6.92 Å². The fourth-order valence-corrected chi connectivity index (χ4v) is 1.59. The van der Waals surface area contributed by atoms with Crippen LogP contribution in [0.2, 0.25) is 0 Å². The van der Waals surface area contributed by atoms with Gasteiger partial charge in [0.1, 0.15) is 6.04 Å². The number of ether oxygens (including phenoxy) is 1. The summed E-state index contributed by atoms with van der Waals surface area (Å²) in [6.45, 7) is 5.85. The van der Waals surface area contributed by atoms with Gasteiger partial charge >= 0.3 is 5.97 Å². The highest BCUT2D eigenvalue weighted by Gasteiger charge is 2.34. The average molecular weight is 202 g/mol. The maximum absolute atomic E-state index is 11.0. The van der Waals surface area contributed by atoms with Crippen molar-refractivity contribution in [3.63, 3.8) is 0 Å². The quantitative estimate of drug-likeness (QED) is 0.675. The zero-order chi connectivity index (χ0) is 10.6. The predicted molar refractivity (Wildman–Crippen MR) is 51.8 cm³/mol. The summed E-state index contributed by atoms with van der Waals surface area (Å²) in [4.78, 5) is 11.0. The van der Waals surface area contributed by atoms with Gasteiger partial charge in [-0.2, -0.15) is 0 Å². The summed E-state index contributed by atoms with van der Waals surface area (Å²) < 4.78 is 5.30. The van der Waals surface area contributed by atoms with Gasteiger partial charge in [0.05, 0.1) is 12.7 Å². The van der Waals surface area contributed by atoms with Crippen LogP contribution in [0.5, 0.6) is 0 Å². The van der Waals surface area contributed by atoms with E-state index in [1.807, 2.05) is 6.92 Å². The Morgan fingerprint density at radius 2 is 2.43 bits per heavy atom. The maximum atomic E-state index is 11.0. The van der Waals surface area contributed by atoms with E-state index in [2.05, 4.69) is 5.43 Å². The van der Waals surface area contributed by atoms with Crippen LogP contribution in [-0.2, 0) is 9.53 Å². The molecule has 1 aliphatic heterocycles. The molecular weight excluding hydrogens is 184 g/mol. The number of hydrazine groups is 1. The van der Waals surface area contributed by atoms with Gasteiger partial charge in [-0.25, -0.2) is 5.01 Å². The van der Waals surface area contributed by atoms with E-state index in [-0.39, 0.29) is 6.10 Å². The van der Waals surface area contributed by atoms with Gasteiger partial charge in [-0.3, -0.25) is 10.2 Å². The first-order valence-corrected chi connectivity index (χ1v) is 5.01. The number of rotatable bonds is 4. The molecule has 5 nitrogen and oxygen atoms in total. The fraction of sp³-hybridized carbons (Fsp3) is 0.889. The van der Waals surface area contributed by atoms with Crippen LogP contribution >= 0.6 is 0 Å². The molecule has 0 aliphatic carbocycles. The topological polar surface area (TPSA) is 61.8 Å². The Morgan fingerprint density at radius 1 is 1.71 bits per heavy atom. The molecular formula is C9H18N2O3. The maximum Gasteiger partial charge on any atom is 0.325 e. The molecule has 2 unspecified atom stereocenters. The van der Waals surface area contributed by atoms with Crippen LogP contribution in [0.25, 0.3) is 0 Å². The molecule has 0 aromatic carbocycles. The molecule has 0 amide bonds. The third-order valence-electron chi connectivity index (χ3n) is 2.31. The summed E-state index contributed by atoms with van der Waals surface area (Å²) in [5, 5.41) is 10.8. The van der Waals surface area contributed by atoms with E-state index in [4.69, 9.17) is 9.84 Å². The Morgan fingerprint density at radius 3 is 3.00 bits per heavy atom. The molecule has 0 bridgehead atoms. The van der Waals surface area contributed by atoms with Crippen LogP contribution < -0.4 is 5.43 Å². The van der Waals surface area contributed by atoms with E-state index >= 15 is 0 Å². The molecule has 0 spiro atoms. The molecule has 0 aromatic rings. The number of carboxylic acids is 1. The lowest BCUT2D eigenvalue weighted by atomic mass is 10.1. The second-order valence-corrected chi connectivity index (χ2v) is 3.46. The Bertz CT molecular complexity index is 198. The number of nitrogens with zero attached hydrogens (tertiary/aromatic N) is 1. The van der Waals surface area contributed by atoms with E-state index in [0.29, 0.717) is 13.2 Å². The first kappa shape index (κ1) is 11.4. The van der Waals surface area contributed by atoms with Crippen molar-refractivity contribution in [3.8, 4) is 0 Å². The van der Waals surface area contributed by atoms with Gasteiger partial charge in [0.2, 0.25) is 0 Å². The predicted octanol–water partition coefficient (Wildman–Crippen LogP) is 0.0749. The van der Waals surface area contributed by atoms with E-state index in [1.165, 1.54) is 0 Å². The van der Waals surface area contributed by atoms with Crippen LogP contribution in [0.3, 0.4) is 0 Å². The summed E-state index contributed by atoms with van der Waals surface area (Å²) in [6.07, 6.45) is 0.726. The largest absolute Gasteiger partial charge is 0.480 e. The molecule has 0 saturated carbocycles. The summed E-state index contributed by atoms with van der Waals surface area (Å²) in [6, 6.07) is -0.574. The number of hydrogen-bond acceptors (Lipinski definition) is 4. The Hall–Kier alpha value is -0.650. The highest BCUT2D eigenvalue weighted by Crippen LogP contribution is 2.11. The minimum Gasteiger partial charge on any atom is -0.480 e. The second-order valence-electron chi connectivity index (χ2n) is 3.46. The van der Waals surface area contributed by atoms with Crippen molar-refractivity contribution in [2.45, 2.75) is 32.4 Å². The zero-order valence-electron chi connectivity index (χ0n) is 8.69. The van der Waals surface area contributed by atoms with E-state index in [1.54, 1.807) is 11.9 Å². The number of carboxylic acid groups (broad SMARTS) is 1. The SMILES string of the molecule is CCCNN1CCOC(C)C1C(=O)O. The van der Waals surface area contributed by atoms with E-state index < -0.39 is 12.0 Å². The standard InChI is InChI=1S/C9H18N2O3/c1-3-4-10-11-5-6-14-7(2)8(11)9(12)13/h7-8,10H,3-6H2,1-2H3,(H,12,13). The molecule has 14 heavy (non-hydrogen) atoms. The minimum atomic E-state index is -0.833. The second kappa shape index (κ2) is 5.29. The lowest BCUT2D eigenvalue weighted by Crippen LogP contribution is -2.59. The zero-order valence-corrected chi connectivity index (χ0v) is 8.69. The molecule has 0 radical (unpaired) electrons. The van der Waals surface area contributed by atoms with Crippen LogP contribution in [0.1, 0.15) is 20.3 Å². The van der Waals surface area contributed by atoms with E-state index in [9.17, 15) is 4.79 Å². The third kappa shape index (κ3) is 2.67. The van der Waals surface area contributed by atoms with Crippen LogP contribution in [0.15, 0.2) is 0 Å². The van der Waals surface area contributed by atoms with Crippen molar-refractivity contribution in [2.75, 3.05) is 19.7 Å². The van der Waals surface area contributed by atoms with Crippen molar-refractivity contribution < 1.29 is 14.6 Å². The third-order valence-corrected chi connectivity index (χ3v) is 2.31. The van der Waals surface area contributed by atoms with E-state index in [0.717, 1.165) is 13.0 Å². The number of morpholine rings is 1. The molecule has 82 valence electrons. The summed E-state index contributed by atoms with van der Waals surface area (Å²) in [5.74, 6) is -0.833. The number of aliphatic carboxylic acids is 1. The summed E-state index contributed by atoms with van der Waals surface area (Å²) in [5.41, 5.74) is 3.11. The molecule has 1 aliphatic rings. The van der Waals surface area contributed by atoms with Gasteiger partial charge in [0, 0.05) is 13.1 Å². The van der Waals surface area contributed by atoms with Gasteiger partial charge in [-0.05, 0) is 13.3 Å². The molecule has 2 N–H and O–H groups in total. The van der Waals surface area contributed by atoms with Crippen LogP contribution in [0.4, 0.5) is 0 Å². The molecule has 1 heterocycles. The molecule has 1 saturated heterocycles. The van der Waals surface area contributed by atoms with Crippen molar-refractivity contribution in [1.82, 2.24) is 10.4 Å². The highest BCUT2D eigenvalue weighted by molar-refractivity contribution is 5.74. The van der Waals surface area contributed by atoms with Crippen molar-refractivity contribution >= 4 is 5.97 Å². The average Bonchev–Trinajstić information content (AvgIpc) is 2.14. The number of hydrogen-bond donors (Lipinski definition) is 2. The van der Waals surface area contributed by atoms with Gasteiger partial charge < -0.3 is 9.84 Å². The molecule has 5 heteroatoms. The normalized spacial score (nSPS) is 29.0. The first-order valence-electron chi connectivity index (χ1n) is 5.01. The molecule has 0 aromatic heterocycles. The number of nitrogens with one attached hydrogen (secondary N) is 1. The van der Waals surface area contributed by atoms with Crippen molar-refractivity contribution in [3.05, 3.63) is 0 Å². The van der Waals surface area contributed by atoms with Gasteiger partial charge in [-0.15, -0.1) is 0 Å². The fourth-order valence-electron chi connectivity index (χ4n) is 1.59. The smallest absolute Gasteiger partial charge is 0.325 e. The molecule has 2 atom stereocenters.